The summed E-state index contributed by atoms with van der Waals surface area (Å²) in [6, 6.07) is 8.18. The highest BCUT2D eigenvalue weighted by atomic mass is 16.2. The Kier molecular flexibility index (Phi) is 5.05. The van der Waals surface area contributed by atoms with Gasteiger partial charge in [-0.15, -0.1) is 5.10 Å². The number of rotatable bonds is 6. The van der Waals surface area contributed by atoms with Crippen molar-refractivity contribution in [2.75, 3.05) is 14.1 Å². The Morgan fingerprint density at radius 2 is 2.05 bits per heavy atom. The highest BCUT2D eigenvalue weighted by molar-refractivity contribution is 5.75. The topological polar surface area (TPSA) is 63.1 Å². The van der Waals surface area contributed by atoms with Crippen LogP contribution in [0.1, 0.15) is 16.8 Å². The van der Waals surface area contributed by atoms with Gasteiger partial charge in [0.1, 0.15) is 6.54 Å². The van der Waals surface area contributed by atoms with Crippen molar-refractivity contribution >= 4 is 5.91 Å². The van der Waals surface area contributed by atoms with Crippen LogP contribution < -0.4 is 5.32 Å². The summed E-state index contributed by atoms with van der Waals surface area (Å²) in [4.78, 5) is 13.9. The lowest BCUT2D eigenvalue weighted by Crippen LogP contribution is -2.30. The lowest BCUT2D eigenvalue weighted by Gasteiger charge is -2.17. The van der Waals surface area contributed by atoms with E-state index in [-0.39, 0.29) is 12.5 Å². The minimum Gasteiger partial charge on any atom is -0.340 e. The monoisotopic (exact) mass is 287 g/mol. The van der Waals surface area contributed by atoms with E-state index < -0.39 is 0 Å². The first-order chi connectivity index (χ1) is 10.1. The van der Waals surface area contributed by atoms with E-state index in [2.05, 4.69) is 27.8 Å². The molecule has 1 heterocycles. The van der Waals surface area contributed by atoms with E-state index >= 15 is 0 Å². The van der Waals surface area contributed by atoms with Crippen LogP contribution in [-0.2, 0) is 24.4 Å². The first-order valence-corrected chi connectivity index (χ1v) is 6.91. The third-order valence-electron chi connectivity index (χ3n) is 3.21. The van der Waals surface area contributed by atoms with Crippen LogP contribution in [0, 0.1) is 6.92 Å². The number of hydrogen-bond donors (Lipinski definition) is 1. The second-order valence-electron chi connectivity index (χ2n) is 5.17. The highest BCUT2D eigenvalue weighted by Gasteiger charge is 2.11. The van der Waals surface area contributed by atoms with Crippen LogP contribution in [0.2, 0.25) is 0 Å². The number of nitrogens with zero attached hydrogens (tertiary/aromatic N) is 4. The number of benzene rings is 1. The van der Waals surface area contributed by atoms with E-state index in [1.54, 1.807) is 22.8 Å². The summed E-state index contributed by atoms with van der Waals surface area (Å²) >= 11 is 0. The van der Waals surface area contributed by atoms with E-state index in [0.717, 1.165) is 11.3 Å². The normalized spacial score (nSPS) is 10.6. The predicted molar refractivity (Wildman–Crippen MR) is 80.4 cm³/mol. The summed E-state index contributed by atoms with van der Waals surface area (Å²) in [7, 11) is 3.65. The largest absolute Gasteiger partial charge is 0.340 e. The van der Waals surface area contributed by atoms with E-state index in [1.807, 2.05) is 26.1 Å². The first kappa shape index (κ1) is 15.2. The zero-order valence-corrected chi connectivity index (χ0v) is 12.7. The van der Waals surface area contributed by atoms with Crippen LogP contribution in [0.4, 0.5) is 0 Å². The smallest absolute Gasteiger partial charge is 0.244 e. The molecule has 112 valence electrons. The molecule has 0 spiro atoms. The number of likely N-dealkylation sites (N-methyl/N-ethyl adjacent to an activating group) is 1. The Morgan fingerprint density at radius 1 is 1.33 bits per heavy atom. The van der Waals surface area contributed by atoms with Crippen LogP contribution in [0.25, 0.3) is 0 Å². The fraction of sp³-hybridized carbons (Fsp3) is 0.400. The molecule has 0 aliphatic rings. The van der Waals surface area contributed by atoms with Gasteiger partial charge in [0.2, 0.25) is 5.91 Å². The SMILES string of the molecule is CNCc1cn(CC(=O)N(C)Cc2ccc(C)cc2)nn1. The van der Waals surface area contributed by atoms with Crippen molar-refractivity contribution in [1.82, 2.24) is 25.2 Å². The molecule has 2 rings (SSSR count). The zero-order valence-electron chi connectivity index (χ0n) is 12.7. The van der Waals surface area contributed by atoms with Crippen LogP contribution in [0.5, 0.6) is 0 Å². The van der Waals surface area contributed by atoms with Crippen LogP contribution in [0.3, 0.4) is 0 Å². The molecule has 0 bridgehead atoms. The molecule has 0 saturated heterocycles. The summed E-state index contributed by atoms with van der Waals surface area (Å²) < 4.78 is 1.57. The maximum absolute atomic E-state index is 12.2. The van der Waals surface area contributed by atoms with Crippen molar-refractivity contribution in [3.05, 3.63) is 47.3 Å². The van der Waals surface area contributed by atoms with Gasteiger partial charge >= 0.3 is 0 Å². The van der Waals surface area contributed by atoms with Gasteiger partial charge in [-0.2, -0.15) is 0 Å². The molecule has 1 amide bonds. The molecule has 0 aliphatic heterocycles. The van der Waals surface area contributed by atoms with E-state index in [0.29, 0.717) is 13.1 Å². The molecular formula is C15H21N5O. The summed E-state index contributed by atoms with van der Waals surface area (Å²) in [5, 5.41) is 10.9. The molecule has 0 radical (unpaired) electrons. The summed E-state index contributed by atoms with van der Waals surface area (Å²) in [5.74, 6) is 0.0106. The minimum absolute atomic E-state index is 0.0106. The second-order valence-corrected chi connectivity index (χ2v) is 5.17. The maximum Gasteiger partial charge on any atom is 0.244 e. The number of carbonyl (C=O) groups excluding carboxylic acids is 1. The third kappa shape index (κ3) is 4.39. The minimum atomic E-state index is 0.0106. The summed E-state index contributed by atoms with van der Waals surface area (Å²) in [6.07, 6.45) is 1.79. The number of aromatic nitrogens is 3. The van der Waals surface area contributed by atoms with Crippen molar-refractivity contribution in [1.29, 1.82) is 0 Å². The zero-order chi connectivity index (χ0) is 15.2. The molecular weight excluding hydrogens is 266 g/mol. The number of amides is 1. The van der Waals surface area contributed by atoms with Crippen molar-refractivity contribution in [3.63, 3.8) is 0 Å². The number of hydrogen-bond acceptors (Lipinski definition) is 4. The molecule has 1 aromatic heterocycles. The molecule has 0 unspecified atom stereocenters. The fourth-order valence-electron chi connectivity index (χ4n) is 1.99. The molecule has 0 fully saturated rings. The van der Waals surface area contributed by atoms with Gasteiger partial charge in [0, 0.05) is 20.1 Å². The van der Waals surface area contributed by atoms with Gasteiger partial charge in [-0.3, -0.25) is 4.79 Å². The Labute approximate surface area is 124 Å². The molecule has 0 aliphatic carbocycles. The van der Waals surface area contributed by atoms with Gasteiger partial charge in [-0.1, -0.05) is 35.0 Å². The van der Waals surface area contributed by atoms with Gasteiger partial charge in [-0.05, 0) is 19.5 Å². The molecule has 2 aromatic rings. The summed E-state index contributed by atoms with van der Waals surface area (Å²) in [5.41, 5.74) is 3.16. The van der Waals surface area contributed by atoms with E-state index in [4.69, 9.17) is 0 Å². The van der Waals surface area contributed by atoms with Crippen LogP contribution in [-0.4, -0.2) is 39.9 Å². The Hall–Kier alpha value is -2.21. The lowest BCUT2D eigenvalue weighted by atomic mass is 10.1. The Morgan fingerprint density at radius 3 is 2.71 bits per heavy atom. The van der Waals surface area contributed by atoms with Crippen molar-refractivity contribution in [2.24, 2.45) is 0 Å². The van der Waals surface area contributed by atoms with Crippen molar-refractivity contribution in [2.45, 2.75) is 26.6 Å². The lowest BCUT2D eigenvalue weighted by molar-refractivity contribution is -0.131. The van der Waals surface area contributed by atoms with E-state index in [1.165, 1.54) is 5.56 Å². The number of carbonyl (C=O) groups is 1. The molecule has 0 saturated carbocycles. The molecule has 6 heteroatoms. The van der Waals surface area contributed by atoms with Gasteiger partial charge in [0.15, 0.2) is 0 Å². The second kappa shape index (κ2) is 6.99. The molecule has 1 N–H and O–H groups in total. The van der Waals surface area contributed by atoms with Crippen molar-refractivity contribution < 1.29 is 4.79 Å². The van der Waals surface area contributed by atoms with E-state index in [9.17, 15) is 4.79 Å². The number of nitrogens with one attached hydrogen (secondary N) is 1. The average molecular weight is 287 g/mol. The molecule has 1 aromatic carbocycles. The maximum atomic E-state index is 12.2. The number of aryl methyl sites for hydroxylation is 1. The Balaban J connectivity index is 1.90. The van der Waals surface area contributed by atoms with Gasteiger partial charge in [0.05, 0.1) is 11.9 Å². The molecule has 21 heavy (non-hydrogen) atoms. The Bertz CT molecular complexity index is 590. The molecule has 0 atom stereocenters. The van der Waals surface area contributed by atoms with Crippen molar-refractivity contribution in [3.8, 4) is 0 Å². The highest BCUT2D eigenvalue weighted by Crippen LogP contribution is 2.06. The standard InChI is InChI=1S/C15H21N5O/c1-12-4-6-13(7-5-12)9-19(3)15(21)11-20-10-14(8-16-2)17-18-20/h4-7,10,16H,8-9,11H2,1-3H3. The molecule has 6 nitrogen and oxygen atoms in total. The first-order valence-electron chi connectivity index (χ1n) is 6.91. The fourth-order valence-corrected chi connectivity index (χ4v) is 1.99. The predicted octanol–water partition coefficient (Wildman–Crippen LogP) is 0.965. The van der Waals surface area contributed by atoms with Gasteiger partial charge in [-0.25, -0.2) is 4.68 Å². The van der Waals surface area contributed by atoms with Gasteiger partial charge < -0.3 is 10.2 Å². The average Bonchev–Trinajstić information content (AvgIpc) is 2.89. The van der Waals surface area contributed by atoms with Crippen LogP contribution in [0.15, 0.2) is 30.5 Å². The summed E-state index contributed by atoms with van der Waals surface area (Å²) in [6.45, 7) is 3.50. The third-order valence-corrected chi connectivity index (χ3v) is 3.21. The quantitative estimate of drug-likeness (QED) is 0.860. The van der Waals surface area contributed by atoms with Gasteiger partial charge in [0.25, 0.3) is 0 Å². The van der Waals surface area contributed by atoms with Crippen LogP contribution >= 0.6 is 0 Å².